The number of aromatic nitrogens is 3. The molecule has 0 aliphatic rings. The van der Waals surface area contributed by atoms with E-state index in [-0.39, 0.29) is 11.2 Å². The summed E-state index contributed by atoms with van der Waals surface area (Å²) in [6.45, 7) is 4.35. The molecule has 2 aromatic heterocycles. The Morgan fingerprint density at radius 2 is 2.19 bits per heavy atom. The number of nitrogens with one attached hydrogen (secondary N) is 1. The van der Waals surface area contributed by atoms with Gasteiger partial charge in [-0.1, -0.05) is 11.6 Å². The molecule has 0 atom stereocenters. The SMILES string of the molecule is CCOc1nc(C)c(N)c(NCc2cnc(Cl)c(F)c2)n1. The standard InChI is InChI=1S/C13H15ClFN5O/c1-3-21-13-19-7(2)10(16)12(20-13)18-6-8-4-9(15)11(14)17-5-8/h4-5H,3,6,16H2,1-2H3,(H,18,19,20). The second-order valence-electron chi connectivity index (χ2n) is 4.26. The third-order valence-electron chi connectivity index (χ3n) is 2.70. The van der Waals surface area contributed by atoms with E-state index in [1.165, 1.54) is 12.3 Å². The van der Waals surface area contributed by atoms with Crippen molar-refractivity contribution in [2.75, 3.05) is 17.7 Å². The third-order valence-corrected chi connectivity index (χ3v) is 2.98. The fraction of sp³-hybridized carbons (Fsp3) is 0.308. The monoisotopic (exact) mass is 311 g/mol. The van der Waals surface area contributed by atoms with Crippen molar-refractivity contribution in [2.24, 2.45) is 0 Å². The molecule has 0 aliphatic heterocycles. The van der Waals surface area contributed by atoms with Gasteiger partial charge in [-0.3, -0.25) is 0 Å². The van der Waals surface area contributed by atoms with Crippen LogP contribution in [0.3, 0.4) is 0 Å². The number of pyridine rings is 1. The van der Waals surface area contributed by atoms with Gasteiger partial charge in [0, 0.05) is 12.7 Å². The summed E-state index contributed by atoms with van der Waals surface area (Å²) in [6.07, 6.45) is 1.48. The quantitative estimate of drug-likeness (QED) is 0.825. The van der Waals surface area contributed by atoms with Crippen molar-refractivity contribution in [1.29, 1.82) is 0 Å². The Labute approximate surface area is 126 Å². The van der Waals surface area contributed by atoms with Gasteiger partial charge in [-0.15, -0.1) is 0 Å². The van der Waals surface area contributed by atoms with Gasteiger partial charge in [0.25, 0.3) is 0 Å². The van der Waals surface area contributed by atoms with E-state index < -0.39 is 5.82 Å². The number of rotatable bonds is 5. The lowest BCUT2D eigenvalue weighted by Gasteiger charge is -2.12. The first kappa shape index (κ1) is 15.2. The zero-order valence-corrected chi connectivity index (χ0v) is 12.4. The van der Waals surface area contributed by atoms with Gasteiger partial charge in [-0.25, -0.2) is 9.37 Å². The second-order valence-corrected chi connectivity index (χ2v) is 4.61. The van der Waals surface area contributed by atoms with Crippen molar-refractivity contribution in [3.63, 3.8) is 0 Å². The molecule has 2 rings (SSSR count). The van der Waals surface area contributed by atoms with Crippen LogP contribution < -0.4 is 15.8 Å². The fourth-order valence-electron chi connectivity index (χ4n) is 1.63. The topological polar surface area (TPSA) is 86.0 Å². The van der Waals surface area contributed by atoms with E-state index in [0.717, 1.165) is 0 Å². The number of nitrogen functional groups attached to an aromatic ring is 1. The molecule has 2 aromatic rings. The molecular weight excluding hydrogens is 297 g/mol. The number of anilines is 2. The molecule has 0 radical (unpaired) electrons. The summed E-state index contributed by atoms with van der Waals surface area (Å²) in [4.78, 5) is 12.0. The maximum atomic E-state index is 13.3. The minimum absolute atomic E-state index is 0.158. The molecule has 6 nitrogen and oxygen atoms in total. The number of hydrogen-bond donors (Lipinski definition) is 2. The van der Waals surface area contributed by atoms with Crippen LogP contribution in [0.15, 0.2) is 12.3 Å². The summed E-state index contributed by atoms with van der Waals surface area (Å²) in [5, 5.41) is 2.85. The predicted molar refractivity (Wildman–Crippen MR) is 78.9 cm³/mol. The van der Waals surface area contributed by atoms with E-state index in [1.807, 2.05) is 6.92 Å². The normalized spacial score (nSPS) is 10.5. The molecule has 0 unspecified atom stereocenters. The zero-order chi connectivity index (χ0) is 15.4. The number of ether oxygens (including phenoxy) is 1. The van der Waals surface area contributed by atoms with Crippen LogP contribution in [0, 0.1) is 12.7 Å². The van der Waals surface area contributed by atoms with Crippen LogP contribution in [0.25, 0.3) is 0 Å². The molecule has 2 heterocycles. The molecule has 8 heteroatoms. The number of halogens is 2. The molecule has 0 bridgehead atoms. The van der Waals surface area contributed by atoms with Crippen LogP contribution in [0.4, 0.5) is 15.9 Å². The molecular formula is C13H15ClFN5O. The molecule has 0 saturated carbocycles. The largest absolute Gasteiger partial charge is 0.464 e. The Bertz CT molecular complexity index is 653. The van der Waals surface area contributed by atoms with Crippen molar-refractivity contribution >= 4 is 23.1 Å². The highest BCUT2D eigenvalue weighted by Crippen LogP contribution is 2.22. The van der Waals surface area contributed by atoms with Crippen LogP contribution in [-0.4, -0.2) is 21.6 Å². The molecule has 0 amide bonds. The van der Waals surface area contributed by atoms with Gasteiger partial charge in [0.2, 0.25) is 0 Å². The fourth-order valence-corrected chi connectivity index (χ4v) is 1.73. The highest BCUT2D eigenvalue weighted by molar-refractivity contribution is 6.29. The minimum Gasteiger partial charge on any atom is -0.464 e. The number of nitrogens with zero attached hydrogens (tertiary/aromatic N) is 3. The molecule has 0 fully saturated rings. The van der Waals surface area contributed by atoms with Gasteiger partial charge in [-0.2, -0.15) is 9.97 Å². The van der Waals surface area contributed by atoms with E-state index in [4.69, 9.17) is 22.1 Å². The van der Waals surface area contributed by atoms with Crippen LogP contribution in [0.1, 0.15) is 18.2 Å². The lowest BCUT2D eigenvalue weighted by molar-refractivity contribution is 0.312. The smallest absolute Gasteiger partial charge is 0.318 e. The molecule has 0 saturated heterocycles. The predicted octanol–water partition coefficient (Wildman–Crippen LogP) is 2.57. The van der Waals surface area contributed by atoms with Crippen molar-refractivity contribution in [3.05, 3.63) is 34.5 Å². The summed E-state index contributed by atoms with van der Waals surface area (Å²) < 4.78 is 18.6. The number of aryl methyl sites for hydroxylation is 1. The Balaban J connectivity index is 2.16. The molecule has 3 N–H and O–H groups in total. The van der Waals surface area contributed by atoms with E-state index in [1.54, 1.807) is 6.92 Å². The average Bonchev–Trinajstić information content (AvgIpc) is 2.45. The van der Waals surface area contributed by atoms with E-state index in [0.29, 0.717) is 35.9 Å². The van der Waals surface area contributed by atoms with Crippen LogP contribution in [0.5, 0.6) is 6.01 Å². The van der Waals surface area contributed by atoms with Gasteiger partial charge in [0.1, 0.15) is 0 Å². The van der Waals surface area contributed by atoms with Crippen molar-refractivity contribution in [2.45, 2.75) is 20.4 Å². The molecule has 21 heavy (non-hydrogen) atoms. The van der Waals surface area contributed by atoms with Crippen molar-refractivity contribution in [1.82, 2.24) is 15.0 Å². The van der Waals surface area contributed by atoms with Gasteiger partial charge < -0.3 is 15.8 Å². The number of nitrogens with two attached hydrogens (primary N) is 1. The Morgan fingerprint density at radius 1 is 1.43 bits per heavy atom. The molecule has 112 valence electrons. The third kappa shape index (κ3) is 3.69. The summed E-state index contributed by atoms with van der Waals surface area (Å²) in [5.41, 5.74) is 7.55. The first-order valence-electron chi connectivity index (χ1n) is 6.32. The lowest BCUT2D eigenvalue weighted by Crippen LogP contribution is -2.09. The second kappa shape index (κ2) is 6.53. The summed E-state index contributed by atoms with van der Waals surface area (Å²) in [7, 11) is 0. The van der Waals surface area contributed by atoms with E-state index >= 15 is 0 Å². The van der Waals surface area contributed by atoms with Gasteiger partial charge >= 0.3 is 6.01 Å². The average molecular weight is 312 g/mol. The zero-order valence-electron chi connectivity index (χ0n) is 11.7. The first-order valence-corrected chi connectivity index (χ1v) is 6.69. The minimum atomic E-state index is -0.571. The van der Waals surface area contributed by atoms with E-state index in [9.17, 15) is 4.39 Å². The highest BCUT2D eigenvalue weighted by Gasteiger charge is 2.10. The Hall–Kier alpha value is -2.15. The van der Waals surface area contributed by atoms with Gasteiger partial charge in [0.15, 0.2) is 16.8 Å². The van der Waals surface area contributed by atoms with Crippen molar-refractivity contribution in [3.8, 4) is 6.01 Å². The summed E-state index contributed by atoms with van der Waals surface area (Å²) in [6, 6.07) is 1.54. The van der Waals surface area contributed by atoms with Crippen LogP contribution in [0.2, 0.25) is 5.15 Å². The summed E-state index contributed by atoms with van der Waals surface area (Å²) in [5.74, 6) is -0.140. The maximum absolute atomic E-state index is 13.3. The van der Waals surface area contributed by atoms with Gasteiger partial charge in [0.05, 0.1) is 18.0 Å². The van der Waals surface area contributed by atoms with Crippen molar-refractivity contribution < 1.29 is 9.13 Å². The molecule has 0 spiro atoms. The highest BCUT2D eigenvalue weighted by atomic mass is 35.5. The van der Waals surface area contributed by atoms with Crippen LogP contribution >= 0.6 is 11.6 Å². The molecule has 0 aliphatic carbocycles. The maximum Gasteiger partial charge on any atom is 0.318 e. The molecule has 0 aromatic carbocycles. The van der Waals surface area contributed by atoms with E-state index in [2.05, 4.69) is 20.3 Å². The summed E-state index contributed by atoms with van der Waals surface area (Å²) >= 11 is 5.54. The van der Waals surface area contributed by atoms with Gasteiger partial charge in [-0.05, 0) is 25.5 Å². The van der Waals surface area contributed by atoms with Crippen LogP contribution in [-0.2, 0) is 6.54 Å². The number of hydrogen-bond acceptors (Lipinski definition) is 6. The first-order chi connectivity index (χ1) is 10.0. The Morgan fingerprint density at radius 3 is 2.86 bits per heavy atom. The Kier molecular flexibility index (Phi) is 4.74. The lowest BCUT2D eigenvalue weighted by atomic mass is 10.2.